The van der Waals surface area contributed by atoms with Gasteiger partial charge < -0.3 is 5.32 Å². The van der Waals surface area contributed by atoms with E-state index in [0.29, 0.717) is 6.04 Å². The third kappa shape index (κ3) is 2.05. The fraction of sp³-hybridized carbons (Fsp3) is 0.250. The van der Waals surface area contributed by atoms with Crippen LogP contribution < -0.4 is 5.32 Å². The Balaban J connectivity index is 1.84. The number of benzene rings is 2. The lowest BCUT2D eigenvalue weighted by Gasteiger charge is -2.15. The Bertz CT molecular complexity index is 531. The Hall–Kier alpha value is -1.76. The molecule has 0 aromatic heterocycles. The van der Waals surface area contributed by atoms with E-state index in [1.54, 1.807) is 0 Å². The van der Waals surface area contributed by atoms with E-state index < -0.39 is 0 Å². The normalized spacial score (nSPS) is 17.8. The standard InChI is InChI=1S/C16H17N/c1-12-5-4-7-14(11-12)17-16-10-9-13-6-2-3-8-15(13)16/h2-8,11,16-17H,9-10H2,1H3. The summed E-state index contributed by atoms with van der Waals surface area (Å²) < 4.78 is 0. The minimum atomic E-state index is 0.480. The molecule has 1 N–H and O–H groups in total. The van der Waals surface area contributed by atoms with Crippen molar-refractivity contribution in [1.82, 2.24) is 0 Å². The number of aryl methyl sites for hydroxylation is 2. The lowest BCUT2D eigenvalue weighted by atomic mass is 10.1. The zero-order valence-electron chi connectivity index (χ0n) is 10.1. The molecule has 1 aliphatic carbocycles. The molecule has 0 amide bonds. The summed E-state index contributed by atoms with van der Waals surface area (Å²) in [6.45, 7) is 2.13. The number of hydrogen-bond acceptors (Lipinski definition) is 1. The Morgan fingerprint density at radius 3 is 2.82 bits per heavy atom. The maximum Gasteiger partial charge on any atom is 0.0519 e. The van der Waals surface area contributed by atoms with E-state index in [2.05, 4.69) is 60.8 Å². The van der Waals surface area contributed by atoms with Gasteiger partial charge in [0.25, 0.3) is 0 Å². The zero-order valence-corrected chi connectivity index (χ0v) is 10.1. The second-order valence-electron chi connectivity index (χ2n) is 4.80. The number of nitrogens with one attached hydrogen (secondary N) is 1. The molecule has 1 nitrogen and oxygen atoms in total. The van der Waals surface area contributed by atoms with Crippen LogP contribution in [0.5, 0.6) is 0 Å². The molecule has 0 bridgehead atoms. The number of hydrogen-bond donors (Lipinski definition) is 1. The maximum atomic E-state index is 3.64. The molecule has 3 rings (SSSR count). The highest BCUT2D eigenvalue weighted by molar-refractivity contribution is 5.49. The third-order valence-corrected chi connectivity index (χ3v) is 3.49. The van der Waals surface area contributed by atoms with Crippen molar-refractivity contribution in [2.45, 2.75) is 25.8 Å². The first-order valence-electron chi connectivity index (χ1n) is 6.24. The smallest absolute Gasteiger partial charge is 0.0519 e. The maximum absolute atomic E-state index is 3.64. The fourth-order valence-electron chi connectivity index (χ4n) is 2.64. The van der Waals surface area contributed by atoms with Crippen molar-refractivity contribution in [2.75, 3.05) is 5.32 Å². The summed E-state index contributed by atoms with van der Waals surface area (Å²) in [5.41, 5.74) is 5.50. The largest absolute Gasteiger partial charge is 0.378 e. The molecule has 0 heterocycles. The summed E-state index contributed by atoms with van der Waals surface area (Å²) in [5, 5.41) is 3.64. The summed E-state index contributed by atoms with van der Waals surface area (Å²) in [7, 11) is 0. The van der Waals surface area contributed by atoms with Crippen LogP contribution in [0.4, 0.5) is 5.69 Å². The highest BCUT2D eigenvalue weighted by atomic mass is 14.9. The van der Waals surface area contributed by atoms with Crippen LogP contribution in [0.15, 0.2) is 48.5 Å². The van der Waals surface area contributed by atoms with Gasteiger partial charge >= 0.3 is 0 Å². The van der Waals surface area contributed by atoms with Gasteiger partial charge in [-0.05, 0) is 48.6 Å². The van der Waals surface area contributed by atoms with Crippen LogP contribution >= 0.6 is 0 Å². The van der Waals surface area contributed by atoms with Gasteiger partial charge in [-0.3, -0.25) is 0 Å². The lowest BCUT2D eigenvalue weighted by Crippen LogP contribution is -2.06. The summed E-state index contributed by atoms with van der Waals surface area (Å²) in [5.74, 6) is 0. The Morgan fingerprint density at radius 2 is 1.94 bits per heavy atom. The second-order valence-corrected chi connectivity index (χ2v) is 4.80. The van der Waals surface area contributed by atoms with Crippen LogP contribution in [0.25, 0.3) is 0 Å². The van der Waals surface area contributed by atoms with Gasteiger partial charge in [-0.15, -0.1) is 0 Å². The van der Waals surface area contributed by atoms with Crippen LogP contribution in [-0.2, 0) is 6.42 Å². The van der Waals surface area contributed by atoms with Gasteiger partial charge in [0.15, 0.2) is 0 Å². The van der Waals surface area contributed by atoms with E-state index in [1.165, 1.54) is 35.2 Å². The zero-order chi connectivity index (χ0) is 11.7. The monoisotopic (exact) mass is 223 g/mol. The van der Waals surface area contributed by atoms with Crippen molar-refractivity contribution in [1.29, 1.82) is 0 Å². The van der Waals surface area contributed by atoms with Crippen LogP contribution in [-0.4, -0.2) is 0 Å². The molecule has 0 fully saturated rings. The molecule has 1 unspecified atom stereocenters. The second kappa shape index (κ2) is 4.25. The van der Waals surface area contributed by atoms with E-state index in [4.69, 9.17) is 0 Å². The predicted molar refractivity (Wildman–Crippen MR) is 72.3 cm³/mol. The molecule has 0 aliphatic heterocycles. The summed E-state index contributed by atoms with van der Waals surface area (Å²) in [6.07, 6.45) is 2.40. The first-order valence-corrected chi connectivity index (χ1v) is 6.24. The topological polar surface area (TPSA) is 12.0 Å². The molecular weight excluding hydrogens is 206 g/mol. The first kappa shape index (κ1) is 10.4. The van der Waals surface area contributed by atoms with Crippen molar-refractivity contribution in [3.8, 4) is 0 Å². The highest BCUT2D eigenvalue weighted by Crippen LogP contribution is 2.33. The molecule has 0 spiro atoms. The Morgan fingerprint density at radius 1 is 1.06 bits per heavy atom. The highest BCUT2D eigenvalue weighted by Gasteiger charge is 2.21. The average molecular weight is 223 g/mol. The molecule has 0 saturated heterocycles. The Labute approximate surface area is 102 Å². The van der Waals surface area contributed by atoms with Crippen molar-refractivity contribution in [3.63, 3.8) is 0 Å². The van der Waals surface area contributed by atoms with E-state index in [1.807, 2.05) is 0 Å². The van der Waals surface area contributed by atoms with Crippen LogP contribution in [0.2, 0.25) is 0 Å². The number of fused-ring (bicyclic) bond motifs is 1. The molecule has 1 heteroatoms. The van der Waals surface area contributed by atoms with Gasteiger partial charge in [-0.25, -0.2) is 0 Å². The van der Waals surface area contributed by atoms with E-state index in [-0.39, 0.29) is 0 Å². The van der Waals surface area contributed by atoms with Crippen molar-refractivity contribution < 1.29 is 0 Å². The van der Waals surface area contributed by atoms with Gasteiger partial charge in [0.2, 0.25) is 0 Å². The minimum Gasteiger partial charge on any atom is -0.378 e. The number of anilines is 1. The Kier molecular flexibility index (Phi) is 2.60. The predicted octanol–water partition coefficient (Wildman–Crippen LogP) is 4.09. The molecule has 17 heavy (non-hydrogen) atoms. The van der Waals surface area contributed by atoms with Crippen LogP contribution in [0.1, 0.15) is 29.2 Å². The molecule has 1 atom stereocenters. The van der Waals surface area contributed by atoms with E-state index in [9.17, 15) is 0 Å². The lowest BCUT2D eigenvalue weighted by molar-refractivity contribution is 0.762. The van der Waals surface area contributed by atoms with E-state index in [0.717, 1.165) is 0 Å². The fourth-order valence-corrected chi connectivity index (χ4v) is 2.64. The minimum absolute atomic E-state index is 0.480. The third-order valence-electron chi connectivity index (χ3n) is 3.49. The van der Waals surface area contributed by atoms with Crippen LogP contribution in [0.3, 0.4) is 0 Å². The summed E-state index contributed by atoms with van der Waals surface area (Å²) in [6, 6.07) is 17.8. The van der Waals surface area contributed by atoms with Gasteiger partial charge in [-0.1, -0.05) is 36.4 Å². The van der Waals surface area contributed by atoms with Gasteiger partial charge in [0.1, 0.15) is 0 Å². The molecule has 0 saturated carbocycles. The molecule has 0 radical (unpaired) electrons. The van der Waals surface area contributed by atoms with Gasteiger partial charge in [0, 0.05) is 5.69 Å². The summed E-state index contributed by atoms with van der Waals surface area (Å²) in [4.78, 5) is 0. The summed E-state index contributed by atoms with van der Waals surface area (Å²) >= 11 is 0. The molecular formula is C16H17N. The van der Waals surface area contributed by atoms with Crippen molar-refractivity contribution in [3.05, 3.63) is 65.2 Å². The number of rotatable bonds is 2. The van der Waals surface area contributed by atoms with Crippen molar-refractivity contribution in [2.24, 2.45) is 0 Å². The molecule has 1 aliphatic rings. The quantitative estimate of drug-likeness (QED) is 0.808. The molecule has 86 valence electrons. The van der Waals surface area contributed by atoms with E-state index >= 15 is 0 Å². The SMILES string of the molecule is Cc1cccc(NC2CCc3ccccc32)c1. The van der Waals surface area contributed by atoms with Gasteiger partial charge in [0.05, 0.1) is 6.04 Å². The van der Waals surface area contributed by atoms with Crippen LogP contribution in [0, 0.1) is 6.92 Å². The molecule has 2 aromatic rings. The van der Waals surface area contributed by atoms with Gasteiger partial charge in [-0.2, -0.15) is 0 Å². The first-order chi connectivity index (χ1) is 8.33. The van der Waals surface area contributed by atoms with Crippen molar-refractivity contribution >= 4 is 5.69 Å². The molecule has 2 aromatic carbocycles. The average Bonchev–Trinajstić information content (AvgIpc) is 2.73.